The minimum Gasteiger partial charge on any atom is -0.384 e. The van der Waals surface area contributed by atoms with E-state index in [1.165, 1.54) is 0 Å². The minimum atomic E-state index is 0.0666. The zero-order valence-electron chi connectivity index (χ0n) is 17.6. The second kappa shape index (κ2) is 10.3. The molecule has 0 amide bonds. The van der Waals surface area contributed by atoms with Gasteiger partial charge in [-0.25, -0.2) is 0 Å². The van der Waals surface area contributed by atoms with Crippen molar-refractivity contribution in [1.29, 1.82) is 0 Å². The van der Waals surface area contributed by atoms with E-state index in [0.29, 0.717) is 0 Å². The molecule has 2 aromatic rings. The second-order valence-electron chi connectivity index (χ2n) is 7.44. The highest BCUT2D eigenvalue weighted by molar-refractivity contribution is 6.22. The molecule has 0 heterocycles. The van der Waals surface area contributed by atoms with Crippen LogP contribution in [0, 0.1) is 0 Å². The number of carbonyl (C=O) groups excluding carboxylic acids is 1. The molecule has 0 aromatic heterocycles. The van der Waals surface area contributed by atoms with Crippen molar-refractivity contribution in [3.63, 3.8) is 0 Å². The molecule has 2 N–H and O–H groups in total. The Kier molecular flexibility index (Phi) is 7.48. The summed E-state index contributed by atoms with van der Waals surface area (Å²) in [5, 5.41) is 6.97. The summed E-state index contributed by atoms with van der Waals surface area (Å²) in [6.07, 6.45) is 4.13. The van der Waals surface area contributed by atoms with Gasteiger partial charge < -0.3 is 15.4 Å². The van der Waals surface area contributed by atoms with Gasteiger partial charge in [-0.3, -0.25) is 4.79 Å². The number of carbonyl (C=O) groups is 1. The van der Waals surface area contributed by atoms with Crippen LogP contribution in [0.4, 0.5) is 11.4 Å². The summed E-state index contributed by atoms with van der Waals surface area (Å²) in [5.41, 5.74) is 6.06. The van der Waals surface area contributed by atoms with Gasteiger partial charge in [-0.15, -0.1) is 0 Å². The van der Waals surface area contributed by atoms with Crippen molar-refractivity contribution in [2.45, 2.75) is 39.5 Å². The number of unbranched alkanes of at least 4 members (excludes halogenated alkanes) is 1. The molecule has 0 saturated carbocycles. The third kappa shape index (κ3) is 4.70. The fraction of sp³-hybridized carbons (Fsp3) is 0.400. The highest BCUT2D eigenvalue weighted by Gasteiger charge is 2.30. The van der Waals surface area contributed by atoms with Crippen molar-refractivity contribution in [2.24, 2.45) is 0 Å². The van der Waals surface area contributed by atoms with Crippen LogP contribution in [0.5, 0.6) is 0 Å². The number of hydrogen-bond acceptors (Lipinski definition) is 4. The molecule has 2 aromatic carbocycles. The predicted octanol–water partition coefficient (Wildman–Crippen LogP) is 5.73. The Bertz CT molecular complexity index is 873. The molecule has 154 valence electrons. The third-order valence-electron chi connectivity index (χ3n) is 5.21. The molecule has 4 nitrogen and oxygen atoms in total. The normalized spacial score (nSPS) is 12.5. The summed E-state index contributed by atoms with van der Waals surface area (Å²) >= 11 is 0. The van der Waals surface area contributed by atoms with Gasteiger partial charge in [-0.1, -0.05) is 51.1 Å². The van der Waals surface area contributed by atoms with Crippen LogP contribution < -0.4 is 10.6 Å². The fourth-order valence-corrected chi connectivity index (χ4v) is 3.70. The van der Waals surface area contributed by atoms with E-state index >= 15 is 0 Å². The molecule has 0 saturated heterocycles. The topological polar surface area (TPSA) is 50.4 Å². The van der Waals surface area contributed by atoms with E-state index < -0.39 is 0 Å². The number of fused-ring (bicyclic) bond motifs is 2. The summed E-state index contributed by atoms with van der Waals surface area (Å²) in [6.45, 7) is 11.8. The summed E-state index contributed by atoms with van der Waals surface area (Å²) < 4.78 is 5.57. The van der Waals surface area contributed by atoms with Crippen LogP contribution in [0.2, 0.25) is 0 Å². The van der Waals surface area contributed by atoms with E-state index in [2.05, 4.69) is 37.1 Å². The highest BCUT2D eigenvalue weighted by Crippen LogP contribution is 2.42. The Morgan fingerprint density at radius 1 is 0.828 bits per heavy atom. The van der Waals surface area contributed by atoms with Crippen LogP contribution in [-0.4, -0.2) is 32.1 Å². The van der Waals surface area contributed by atoms with E-state index in [4.69, 9.17) is 4.74 Å². The van der Waals surface area contributed by atoms with E-state index in [1.807, 2.05) is 30.3 Å². The molecule has 0 bridgehead atoms. The zero-order chi connectivity index (χ0) is 20.6. The lowest BCUT2D eigenvalue weighted by atomic mass is 9.80. The molecular formula is C25H32N2O2. The molecule has 0 fully saturated rings. The molecule has 1 aliphatic carbocycles. The van der Waals surface area contributed by atoms with Crippen LogP contribution in [-0.2, 0) is 4.74 Å². The van der Waals surface area contributed by atoms with Gasteiger partial charge in [0.2, 0.25) is 0 Å². The lowest BCUT2D eigenvalue weighted by Crippen LogP contribution is -2.19. The van der Waals surface area contributed by atoms with Crippen LogP contribution in [0.3, 0.4) is 0 Å². The summed E-state index contributed by atoms with van der Waals surface area (Å²) in [7, 11) is 0. The number of ether oxygens (including phenoxy) is 1. The third-order valence-corrected chi connectivity index (χ3v) is 5.21. The standard InChI is InChI=1S/C25H32N2O2/c1-4-6-14-26-22-13-12-21(27-15-9-17-29-16-5-2)23-18(3)19-10-7-8-11-20(19)25(28)24(22)23/h7-8,10-13,26-27H,3-6,9,14-17H2,1-2H3. The average Bonchev–Trinajstić information content (AvgIpc) is 2.75. The summed E-state index contributed by atoms with van der Waals surface area (Å²) in [6, 6.07) is 11.8. The van der Waals surface area contributed by atoms with Gasteiger partial charge in [-0.05, 0) is 42.5 Å². The molecule has 29 heavy (non-hydrogen) atoms. The number of nitrogens with one attached hydrogen (secondary N) is 2. The van der Waals surface area contributed by atoms with Crippen molar-refractivity contribution in [1.82, 2.24) is 0 Å². The molecule has 3 rings (SSSR count). The molecule has 4 heteroatoms. The smallest absolute Gasteiger partial charge is 0.196 e. The zero-order valence-corrected chi connectivity index (χ0v) is 17.6. The Balaban J connectivity index is 1.89. The minimum absolute atomic E-state index is 0.0666. The number of ketones is 1. The maximum absolute atomic E-state index is 13.4. The quantitative estimate of drug-likeness (QED) is 0.409. The van der Waals surface area contributed by atoms with Gasteiger partial charge in [0.05, 0.1) is 5.56 Å². The number of anilines is 2. The lowest BCUT2D eigenvalue weighted by Gasteiger charge is -2.26. The number of benzene rings is 2. The molecular weight excluding hydrogens is 360 g/mol. The SMILES string of the molecule is C=C1c2ccccc2C(=O)c2c(NCCCC)ccc(NCCCOCCC)c21. The first kappa shape index (κ1) is 21.1. The molecule has 0 aliphatic heterocycles. The van der Waals surface area contributed by atoms with Gasteiger partial charge in [0.25, 0.3) is 0 Å². The highest BCUT2D eigenvalue weighted by atomic mass is 16.5. The van der Waals surface area contributed by atoms with Gasteiger partial charge in [-0.2, -0.15) is 0 Å². The Hall–Kier alpha value is -2.59. The largest absolute Gasteiger partial charge is 0.384 e. The first-order valence-electron chi connectivity index (χ1n) is 10.7. The molecule has 0 spiro atoms. The van der Waals surface area contributed by atoms with Crippen molar-refractivity contribution >= 4 is 22.7 Å². The number of rotatable bonds is 11. The first-order valence-corrected chi connectivity index (χ1v) is 10.7. The van der Waals surface area contributed by atoms with Crippen LogP contribution in [0.1, 0.15) is 66.6 Å². The first-order chi connectivity index (χ1) is 14.2. The molecule has 0 atom stereocenters. The molecule has 0 radical (unpaired) electrons. The van der Waals surface area contributed by atoms with Crippen molar-refractivity contribution < 1.29 is 9.53 Å². The van der Waals surface area contributed by atoms with Crippen LogP contribution >= 0.6 is 0 Å². The van der Waals surface area contributed by atoms with E-state index in [9.17, 15) is 4.79 Å². The second-order valence-corrected chi connectivity index (χ2v) is 7.44. The molecule has 0 unspecified atom stereocenters. The summed E-state index contributed by atoms with van der Waals surface area (Å²) in [4.78, 5) is 13.4. The van der Waals surface area contributed by atoms with Gasteiger partial charge in [0.1, 0.15) is 0 Å². The van der Waals surface area contributed by atoms with Gasteiger partial charge in [0, 0.05) is 48.8 Å². The Morgan fingerprint density at radius 3 is 2.17 bits per heavy atom. The van der Waals surface area contributed by atoms with Gasteiger partial charge in [0.15, 0.2) is 5.78 Å². The fourth-order valence-electron chi connectivity index (χ4n) is 3.70. The van der Waals surface area contributed by atoms with Crippen molar-refractivity contribution in [3.8, 4) is 0 Å². The summed E-state index contributed by atoms with van der Waals surface area (Å²) in [5.74, 6) is 0.0666. The van der Waals surface area contributed by atoms with Crippen LogP contribution in [0.15, 0.2) is 43.0 Å². The van der Waals surface area contributed by atoms with Crippen LogP contribution in [0.25, 0.3) is 5.57 Å². The molecule has 1 aliphatic rings. The number of hydrogen-bond donors (Lipinski definition) is 2. The maximum Gasteiger partial charge on any atom is 0.196 e. The van der Waals surface area contributed by atoms with E-state index in [-0.39, 0.29) is 5.78 Å². The monoisotopic (exact) mass is 392 g/mol. The maximum atomic E-state index is 13.4. The predicted molar refractivity (Wildman–Crippen MR) is 122 cm³/mol. The van der Waals surface area contributed by atoms with E-state index in [0.717, 1.165) is 91.2 Å². The average molecular weight is 393 g/mol. The van der Waals surface area contributed by atoms with Crippen molar-refractivity contribution in [2.75, 3.05) is 36.9 Å². The van der Waals surface area contributed by atoms with E-state index in [1.54, 1.807) is 0 Å². The Labute approximate surface area is 174 Å². The van der Waals surface area contributed by atoms with Gasteiger partial charge >= 0.3 is 0 Å². The Morgan fingerprint density at radius 2 is 1.48 bits per heavy atom. The van der Waals surface area contributed by atoms with Crippen molar-refractivity contribution in [3.05, 3.63) is 65.2 Å². The lowest BCUT2D eigenvalue weighted by molar-refractivity contribution is 0.103.